The smallest absolute Gasteiger partial charge is 0.0611 e. The van der Waals surface area contributed by atoms with Gasteiger partial charge in [0.1, 0.15) is 0 Å². The van der Waals surface area contributed by atoms with Crippen molar-refractivity contribution in [3.8, 4) is 0 Å². The molecule has 0 aliphatic carbocycles. The van der Waals surface area contributed by atoms with Crippen LogP contribution in [0.2, 0.25) is 5.02 Å². The van der Waals surface area contributed by atoms with E-state index in [1.54, 1.807) is 11.8 Å². The molecular weight excluding hydrogens is 308 g/mol. The van der Waals surface area contributed by atoms with Gasteiger partial charge in [-0.2, -0.15) is 0 Å². The van der Waals surface area contributed by atoms with Crippen LogP contribution in [-0.4, -0.2) is 12.3 Å². The fourth-order valence-electron chi connectivity index (χ4n) is 1.11. The highest BCUT2D eigenvalue weighted by molar-refractivity contribution is 9.10. The Balaban J connectivity index is 2.48. The number of benzene rings is 1. The average molecular weight is 322 g/mol. The third kappa shape index (κ3) is 4.37. The van der Waals surface area contributed by atoms with Gasteiger partial charge in [0.2, 0.25) is 0 Å². The molecule has 88 valence electrons. The third-order valence-corrected chi connectivity index (χ3v) is 4.31. The fraction of sp³-hybridized carbons (Fsp3) is 0.273. The minimum atomic E-state index is 0.659. The van der Waals surface area contributed by atoms with Crippen LogP contribution < -0.4 is 11.1 Å². The van der Waals surface area contributed by atoms with Gasteiger partial charge in [0.05, 0.1) is 10.1 Å². The molecule has 0 saturated carbocycles. The first-order valence-corrected chi connectivity index (χ1v) is 6.99. The third-order valence-electron chi connectivity index (χ3n) is 1.90. The van der Waals surface area contributed by atoms with Gasteiger partial charge < -0.3 is 11.1 Å². The van der Waals surface area contributed by atoms with Crippen LogP contribution >= 0.6 is 39.3 Å². The summed E-state index contributed by atoms with van der Waals surface area (Å²) in [5.41, 5.74) is 6.53. The number of rotatable bonds is 6. The first-order valence-electron chi connectivity index (χ1n) is 4.83. The Labute approximate surface area is 114 Å². The molecule has 16 heavy (non-hydrogen) atoms. The Kier molecular flexibility index (Phi) is 6.28. The maximum atomic E-state index is 5.99. The summed E-state index contributed by atoms with van der Waals surface area (Å²) in [6, 6.07) is 5.80. The molecule has 1 aromatic carbocycles. The predicted molar refractivity (Wildman–Crippen MR) is 76.6 cm³/mol. The summed E-state index contributed by atoms with van der Waals surface area (Å²) in [6.45, 7) is 5.27. The zero-order chi connectivity index (χ0) is 12.0. The van der Waals surface area contributed by atoms with Gasteiger partial charge in [-0.25, -0.2) is 0 Å². The second-order valence-corrected chi connectivity index (χ2v) is 5.52. The van der Waals surface area contributed by atoms with Crippen LogP contribution in [0.3, 0.4) is 0 Å². The minimum absolute atomic E-state index is 0.659. The van der Waals surface area contributed by atoms with Gasteiger partial charge in [-0.05, 0) is 27.6 Å². The summed E-state index contributed by atoms with van der Waals surface area (Å²) in [7, 11) is 0. The van der Waals surface area contributed by atoms with E-state index in [2.05, 4.69) is 27.8 Å². The highest BCUT2D eigenvalue weighted by Crippen LogP contribution is 2.26. The number of nitrogens with two attached hydrogens (primary N) is 1. The molecule has 0 saturated heterocycles. The molecule has 0 bridgehead atoms. The maximum absolute atomic E-state index is 5.99. The highest BCUT2D eigenvalue weighted by atomic mass is 79.9. The molecule has 0 aliphatic heterocycles. The van der Waals surface area contributed by atoms with E-state index in [0.29, 0.717) is 13.1 Å². The number of halogens is 2. The van der Waals surface area contributed by atoms with Gasteiger partial charge in [-0.3, -0.25) is 0 Å². The molecule has 1 rings (SSSR count). The normalized spacial score (nSPS) is 10.2. The fourth-order valence-corrected chi connectivity index (χ4v) is 2.25. The standard InChI is InChI=1S/C11H14BrClN2S/c1-8(16-6-5-14)15-7-9-3-2-4-10(13)11(9)12/h2-4,15H,1,5-7,14H2. The Morgan fingerprint density at radius 2 is 2.31 bits per heavy atom. The quantitative estimate of drug-likeness (QED) is 0.844. The molecule has 0 atom stereocenters. The second kappa shape index (κ2) is 7.22. The summed E-state index contributed by atoms with van der Waals surface area (Å²) >= 11 is 11.1. The van der Waals surface area contributed by atoms with Crippen molar-refractivity contribution < 1.29 is 0 Å². The molecule has 0 aromatic heterocycles. The van der Waals surface area contributed by atoms with E-state index in [1.165, 1.54) is 0 Å². The highest BCUT2D eigenvalue weighted by Gasteiger charge is 2.03. The van der Waals surface area contributed by atoms with Gasteiger partial charge in [0, 0.05) is 23.3 Å². The van der Waals surface area contributed by atoms with Crippen molar-refractivity contribution in [2.45, 2.75) is 6.54 Å². The summed E-state index contributed by atoms with van der Waals surface area (Å²) in [5.74, 6) is 0.878. The maximum Gasteiger partial charge on any atom is 0.0611 e. The van der Waals surface area contributed by atoms with Crippen LogP contribution in [-0.2, 0) is 6.54 Å². The molecule has 0 aliphatic rings. The molecule has 1 aromatic rings. The number of hydrogen-bond acceptors (Lipinski definition) is 3. The second-order valence-electron chi connectivity index (χ2n) is 3.13. The van der Waals surface area contributed by atoms with Crippen molar-refractivity contribution in [2.24, 2.45) is 5.73 Å². The van der Waals surface area contributed by atoms with Crippen LogP contribution in [0.15, 0.2) is 34.3 Å². The van der Waals surface area contributed by atoms with E-state index >= 15 is 0 Å². The summed E-state index contributed by atoms with van der Waals surface area (Å²) in [4.78, 5) is 0. The molecule has 0 amide bonds. The average Bonchev–Trinajstić information content (AvgIpc) is 2.28. The summed E-state index contributed by atoms with van der Waals surface area (Å²) in [6.07, 6.45) is 0. The van der Waals surface area contributed by atoms with Gasteiger partial charge in [0.15, 0.2) is 0 Å². The molecular formula is C11H14BrClN2S. The zero-order valence-corrected chi connectivity index (χ0v) is 12.0. The predicted octanol–water partition coefficient (Wildman–Crippen LogP) is 3.36. The molecule has 0 heterocycles. The lowest BCUT2D eigenvalue weighted by Crippen LogP contribution is -2.12. The summed E-state index contributed by atoms with van der Waals surface area (Å²) in [5, 5.41) is 4.88. The van der Waals surface area contributed by atoms with E-state index in [0.717, 1.165) is 25.8 Å². The van der Waals surface area contributed by atoms with Gasteiger partial charge >= 0.3 is 0 Å². The number of thioether (sulfide) groups is 1. The Morgan fingerprint density at radius 3 is 3.00 bits per heavy atom. The Morgan fingerprint density at radius 1 is 1.56 bits per heavy atom. The summed E-state index contributed by atoms with van der Waals surface area (Å²) < 4.78 is 0.931. The van der Waals surface area contributed by atoms with Crippen molar-refractivity contribution in [1.29, 1.82) is 0 Å². The van der Waals surface area contributed by atoms with E-state index in [4.69, 9.17) is 17.3 Å². The van der Waals surface area contributed by atoms with Crippen molar-refractivity contribution in [2.75, 3.05) is 12.3 Å². The molecule has 0 spiro atoms. The van der Waals surface area contributed by atoms with Crippen LogP contribution in [0.25, 0.3) is 0 Å². The lowest BCUT2D eigenvalue weighted by atomic mass is 10.2. The first kappa shape index (κ1) is 13.9. The molecule has 0 radical (unpaired) electrons. The van der Waals surface area contributed by atoms with E-state index < -0.39 is 0 Å². The van der Waals surface area contributed by atoms with Gasteiger partial charge in [0.25, 0.3) is 0 Å². The first-order chi connectivity index (χ1) is 7.65. The zero-order valence-electron chi connectivity index (χ0n) is 8.80. The van der Waals surface area contributed by atoms with E-state index in [-0.39, 0.29) is 0 Å². The van der Waals surface area contributed by atoms with Crippen LogP contribution in [0.1, 0.15) is 5.56 Å². The van der Waals surface area contributed by atoms with Gasteiger partial charge in [-0.15, -0.1) is 11.8 Å². The monoisotopic (exact) mass is 320 g/mol. The van der Waals surface area contributed by atoms with Crippen LogP contribution in [0.4, 0.5) is 0 Å². The lowest BCUT2D eigenvalue weighted by molar-refractivity contribution is 0.855. The SMILES string of the molecule is C=C(NCc1cccc(Cl)c1Br)SCCN. The largest absolute Gasteiger partial charge is 0.376 e. The molecule has 3 N–H and O–H groups in total. The molecule has 0 fully saturated rings. The van der Waals surface area contributed by atoms with E-state index in [9.17, 15) is 0 Å². The van der Waals surface area contributed by atoms with Crippen LogP contribution in [0, 0.1) is 0 Å². The lowest BCUT2D eigenvalue weighted by Gasteiger charge is -2.10. The number of nitrogens with one attached hydrogen (secondary N) is 1. The molecule has 0 unspecified atom stereocenters. The van der Waals surface area contributed by atoms with Crippen molar-refractivity contribution in [1.82, 2.24) is 5.32 Å². The van der Waals surface area contributed by atoms with Gasteiger partial charge in [-0.1, -0.05) is 30.3 Å². The Bertz CT molecular complexity index is 371. The minimum Gasteiger partial charge on any atom is -0.376 e. The topological polar surface area (TPSA) is 38.0 Å². The van der Waals surface area contributed by atoms with Crippen molar-refractivity contribution >= 4 is 39.3 Å². The number of hydrogen-bond donors (Lipinski definition) is 2. The van der Waals surface area contributed by atoms with Crippen LogP contribution in [0.5, 0.6) is 0 Å². The molecule has 5 heteroatoms. The Hall–Kier alpha value is -0.160. The van der Waals surface area contributed by atoms with Crippen molar-refractivity contribution in [3.05, 3.63) is 44.9 Å². The van der Waals surface area contributed by atoms with Crippen molar-refractivity contribution in [3.63, 3.8) is 0 Å². The van der Waals surface area contributed by atoms with E-state index in [1.807, 2.05) is 18.2 Å². The molecule has 2 nitrogen and oxygen atoms in total.